The predicted octanol–water partition coefficient (Wildman–Crippen LogP) is 2.22. The predicted molar refractivity (Wildman–Crippen MR) is 66.9 cm³/mol. The van der Waals surface area contributed by atoms with Gasteiger partial charge in [-0.2, -0.15) is 5.10 Å². The fourth-order valence-corrected chi connectivity index (χ4v) is 2.11. The number of carboxylic acid groups (broad SMARTS) is 1. The highest BCUT2D eigenvalue weighted by Crippen LogP contribution is 2.23. The maximum absolute atomic E-state index is 10.7. The molecule has 0 aliphatic heterocycles. The van der Waals surface area contributed by atoms with Gasteiger partial charge in [0.05, 0.1) is 22.5 Å². The standard InChI is InChI=1S/C11H17BrN2O3/c1-4-8-10(12)9(14(5-2)13-8)6-17-7(3)11(15)16/h7H,4-6H2,1-3H3,(H,15,16)/t7-/m1/s1. The fraction of sp³-hybridized carbons (Fsp3) is 0.636. The Hall–Kier alpha value is -0.880. The molecule has 0 saturated heterocycles. The number of nitrogens with zero attached hydrogens (tertiary/aromatic N) is 2. The average molecular weight is 305 g/mol. The summed E-state index contributed by atoms with van der Waals surface area (Å²) < 4.78 is 8.03. The quantitative estimate of drug-likeness (QED) is 0.875. The summed E-state index contributed by atoms with van der Waals surface area (Å²) in [6.45, 7) is 6.51. The largest absolute Gasteiger partial charge is 0.479 e. The van der Waals surface area contributed by atoms with Crippen LogP contribution in [0.4, 0.5) is 0 Å². The Balaban J connectivity index is 2.82. The highest BCUT2D eigenvalue weighted by Gasteiger charge is 2.17. The third-order valence-corrected chi connectivity index (χ3v) is 3.43. The molecular weight excluding hydrogens is 288 g/mol. The lowest BCUT2D eigenvalue weighted by atomic mass is 10.3. The van der Waals surface area contributed by atoms with Crippen LogP contribution < -0.4 is 0 Å². The minimum Gasteiger partial charge on any atom is -0.479 e. The van der Waals surface area contributed by atoms with Crippen LogP contribution in [0.15, 0.2) is 4.47 Å². The van der Waals surface area contributed by atoms with Crippen LogP contribution in [0.2, 0.25) is 0 Å². The maximum atomic E-state index is 10.7. The number of carbonyl (C=O) groups is 1. The second-order valence-electron chi connectivity index (χ2n) is 3.67. The molecule has 0 saturated carbocycles. The molecule has 0 fully saturated rings. The Labute approximate surface area is 109 Å². The normalized spacial score (nSPS) is 12.7. The summed E-state index contributed by atoms with van der Waals surface area (Å²) in [6, 6.07) is 0. The molecule has 96 valence electrons. The Morgan fingerprint density at radius 2 is 2.24 bits per heavy atom. The zero-order valence-corrected chi connectivity index (χ0v) is 11.8. The fourth-order valence-electron chi connectivity index (χ4n) is 1.43. The molecule has 0 aliphatic rings. The van der Waals surface area contributed by atoms with Gasteiger partial charge in [-0.25, -0.2) is 4.79 Å². The molecule has 1 aromatic heterocycles. The van der Waals surface area contributed by atoms with Gasteiger partial charge in [0.2, 0.25) is 0 Å². The molecule has 1 N–H and O–H groups in total. The van der Waals surface area contributed by atoms with E-state index in [0.29, 0.717) is 0 Å². The van der Waals surface area contributed by atoms with Gasteiger partial charge in [0.15, 0.2) is 6.10 Å². The van der Waals surface area contributed by atoms with Crippen molar-refractivity contribution in [3.8, 4) is 0 Å². The van der Waals surface area contributed by atoms with E-state index in [1.807, 2.05) is 18.5 Å². The Morgan fingerprint density at radius 1 is 1.59 bits per heavy atom. The second-order valence-corrected chi connectivity index (χ2v) is 4.46. The van der Waals surface area contributed by atoms with Gasteiger partial charge in [0.25, 0.3) is 0 Å². The van der Waals surface area contributed by atoms with Crippen LogP contribution in [0.25, 0.3) is 0 Å². The molecule has 0 radical (unpaired) electrons. The average Bonchev–Trinajstić information content (AvgIpc) is 2.62. The van der Waals surface area contributed by atoms with Crippen molar-refractivity contribution in [2.75, 3.05) is 0 Å². The summed E-state index contributed by atoms with van der Waals surface area (Å²) in [4.78, 5) is 10.7. The van der Waals surface area contributed by atoms with Gasteiger partial charge >= 0.3 is 5.97 Å². The van der Waals surface area contributed by atoms with E-state index in [2.05, 4.69) is 21.0 Å². The van der Waals surface area contributed by atoms with Crippen LogP contribution >= 0.6 is 15.9 Å². The van der Waals surface area contributed by atoms with Crippen LogP contribution in [0.5, 0.6) is 0 Å². The number of aryl methyl sites for hydroxylation is 2. The first-order valence-corrected chi connectivity index (χ1v) is 6.38. The summed E-state index contributed by atoms with van der Waals surface area (Å²) in [7, 11) is 0. The molecule has 1 rings (SSSR count). The highest BCUT2D eigenvalue weighted by molar-refractivity contribution is 9.10. The zero-order valence-electron chi connectivity index (χ0n) is 10.2. The van der Waals surface area contributed by atoms with Crippen molar-refractivity contribution in [2.45, 2.75) is 46.4 Å². The molecule has 17 heavy (non-hydrogen) atoms. The first kappa shape index (κ1) is 14.2. The third kappa shape index (κ3) is 3.29. The summed E-state index contributed by atoms with van der Waals surface area (Å²) >= 11 is 3.48. The smallest absolute Gasteiger partial charge is 0.332 e. The van der Waals surface area contributed by atoms with Crippen molar-refractivity contribution in [1.29, 1.82) is 0 Å². The first-order valence-electron chi connectivity index (χ1n) is 5.59. The number of carboxylic acids is 1. The lowest BCUT2D eigenvalue weighted by Crippen LogP contribution is -2.20. The SMILES string of the molecule is CCc1nn(CC)c(CO[C@H](C)C(=O)O)c1Br. The molecule has 0 aromatic carbocycles. The van der Waals surface area contributed by atoms with E-state index in [1.54, 1.807) is 0 Å². The number of hydrogen-bond acceptors (Lipinski definition) is 3. The van der Waals surface area contributed by atoms with Crippen LogP contribution in [0.1, 0.15) is 32.2 Å². The van der Waals surface area contributed by atoms with Gasteiger partial charge in [0, 0.05) is 6.54 Å². The van der Waals surface area contributed by atoms with Gasteiger partial charge in [-0.3, -0.25) is 4.68 Å². The van der Waals surface area contributed by atoms with Crippen LogP contribution in [-0.2, 0) is 29.1 Å². The van der Waals surface area contributed by atoms with Gasteiger partial charge < -0.3 is 9.84 Å². The zero-order chi connectivity index (χ0) is 13.0. The van der Waals surface area contributed by atoms with Crippen molar-refractivity contribution < 1.29 is 14.6 Å². The number of hydrogen-bond donors (Lipinski definition) is 1. The van der Waals surface area contributed by atoms with Crippen molar-refractivity contribution in [3.63, 3.8) is 0 Å². The lowest BCUT2D eigenvalue weighted by Gasteiger charge is -2.09. The van der Waals surface area contributed by atoms with Crippen molar-refractivity contribution in [1.82, 2.24) is 9.78 Å². The van der Waals surface area contributed by atoms with E-state index in [0.717, 1.165) is 28.8 Å². The van der Waals surface area contributed by atoms with Gasteiger partial charge in [-0.1, -0.05) is 6.92 Å². The van der Waals surface area contributed by atoms with Crippen molar-refractivity contribution >= 4 is 21.9 Å². The summed E-state index contributed by atoms with van der Waals surface area (Å²) in [5, 5.41) is 13.2. The van der Waals surface area contributed by atoms with Crippen LogP contribution in [-0.4, -0.2) is 27.0 Å². The molecular formula is C11H17BrN2O3. The monoisotopic (exact) mass is 304 g/mol. The minimum atomic E-state index is -0.959. The lowest BCUT2D eigenvalue weighted by molar-refractivity contribution is -0.150. The molecule has 0 aliphatic carbocycles. The first-order chi connectivity index (χ1) is 8.01. The Bertz CT molecular complexity index is 404. The Morgan fingerprint density at radius 3 is 2.71 bits per heavy atom. The second kappa shape index (κ2) is 6.16. The van der Waals surface area contributed by atoms with Gasteiger partial charge in [-0.05, 0) is 36.2 Å². The molecule has 1 aromatic rings. The Kier molecular flexibility index (Phi) is 5.14. The van der Waals surface area contributed by atoms with Crippen LogP contribution in [0.3, 0.4) is 0 Å². The molecule has 0 amide bonds. The van der Waals surface area contributed by atoms with Gasteiger partial charge in [0.1, 0.15) is 0 Å². The van der Waals surface area contributed by atoms with Crippen LogP contribution in [0, 0.1) is 0 Å². The summed E-state index contributed by atoms with van der Waals surface area (Å²) in [5.41, 5.74) is 1.85. The number of aromatic nitrogens is 2. The summed E-state index contributed by atoms with van der Waals surface area (Å²) in [5.74, 6) is -0.959. The number of aliphatic carboxylic acids is 1. The van der Waals surface area contributed by atoms with E-state index in [9.17, 15) is 4.79 Å². The van der Waals surface area contributed by atoms with E-state index in [-0.39, 0.29) is 6.61 Å². The van der Waals surface area contributed by atoms with Gasteiger partial charge in [-0.15, -0.1) is 0 Å². The van der Waals surface area contributed by atoms with Crippen molar-refractivity contribution in [3.05, 3.63) is 15.9 Å². The van der Waals surface area contributed by atoms with Crippen molar-refractivity contribution in [2.24, 2.45) is 0 Å². The third-order valence-electron chi connectivity index (χ3n) is 2.51. The molecule has 1 atom stereocenters. The molecule has 0 bridgehead atoms. The number of rotatable bonds is 6. The van der Waals surface area contributed by atoms with E-state index >= 15 is 0 Å². The minimum absolute atomic E-state index is 0.245. The van der Waals surface area contributed by atoms with E-state index in [4.69, 9.17) is 9.84 Å². The number of halogens is 1. The molecule has 6 heteroatoms. The van der Waals surface area contributed by atoms with E-state index < -0.39 is 12.1 Å². The molecule has 5 nitrogen and oxygen atoms in total. The van der Waals surface area contributed by atoms with E-state index in [1.165, 1.54) is 6.92 Å². The summed E-state index contributed by atoms with van der Waals surface area (Å²) in [6.07, 6.45) is 0.0156. The molecule has 1 heterocycles. The molecule has 0 spiro atoms. The topological polar surface area (TPSA) is 64.4 Å². The maximum Gasteiger partial charge on any atom is 0.332 e. The molecule has 0 unspecified atom stereocenters. The number of ether oxygens (including phenoxy) is 1. The highest BCUT2D eigenvalue weighted by atomic mass is 79.9.